The molecule has 22 heavy (non-hydrogen) atoms. The van der Waals surface area contributed by atoms with Crippen molar-refractivity contribution in [3.05, 3.63) is 36.0 Å². The van der Waals surface area contributed by atoms with E-state index >= 15 is 0 Å². The van der Waals surface area contributed by atoms with Gasteiger partial charge in [-0.15, -0.1) is 0 Å². The molecule has 0 atom stereocenters. The van der Waals surface area contributed by atoms with Crippen LogP contribution in [0.15, 0.2) is 30.5 Å². The van der Waals surface area contributed by atoms with Crippen LogP contribution in [0.3, 0.4) is 0 Å². The Labute approximate surface area is 135 Å². The fourth-order valence-corrected chi connectivity index (χ4v) is 3.63. The van der Waals surface area contributed by atoms with E-state index in [0.717, 1.165) is 0 Å². The van der Waals surface area contributed by atoms with Gasteiger partial charge in [0.1, 0.15) is 0 Å². The van der Waals surface area contributed by atoms with Gasteiger partial charge in [-0.3, -0.25) is 0 Å². The first-order valence-electron chi connectivity index (χ1n) is 8.71. The number of aromatic nitrogens is 1. The zero-order valence-corrected chi connectivity index (χ0v) is 14.8. The van der Waals surface area contributed by atoms with E-state index < -0.39 is 0 Å². The van der Waals surface area contributed by atoms with Crippen LogP contribution in [0.2, 0.25) is 0 Å². The van der Waals surface area contributed by atoms with E-state index in [1.807, 2.05) is 0 Å². The SMILES string of the molecule is CC(C)N1CCC(n2ccc3cc(C(C)(C)C)ccc32)CC1. The number of hydrogen-bond donors (Lipinski definition) is 0. The topological polar surface area (TPSA) is 8.17 Å². The Morgan fingerprint density at radius 1 is 1.05 bits per heavy atom. The van der Waals surface area contributed by atoms with Crippen LogP contribution in [0.1, 0.15) is 59.1 Å². The lowest BCUT2D eigenvalue weighted by Gasteiger charge is -2.35. The highest BCUT2D eigenvalue weighted by atomic mass is 15.2. The van der Waals surface area contributed by atoms with Gasteiger partial charge in [-0.2, -0.15) is 0 Å². The first-order valence-corrected chi connectivity index (χ1v) is 8.71. The minimum Gasteiger partial charge on any atom is -0.344 e. The maximum Gasteiger partial charge on any atom is 0.0483 e. The molecule has 1 aliphatic heterocycles. The Morgan fingerprint density at radius 3 is 2.32 bits per heavy atom. The van der Waals surface area contributed by atoms with Crippen LogP contribution >= 0.6 is 0 Å². The van der Waals surface area contributed by atoms with E-state index in [4.69, 9.17) is 0 Å². The fourth-order valence-electron chi connectivity index (χ4n) is 3.63. The second-order valence-electron chi connectivity index (χ2n) is 8.11. The summed E-state index contributed by atoms with van der Waals surface area (Å²) in [5, 5.41) is 1.39. The number of hydrogen-bond acceptors (Lipinski definition) is 1. The molecular weight excluding hydrogens is 268 g/mol. The van der Waals surface area contributed by atoms with Crippen LogP contribution < -0.4 is 0 Å². The smallest absolute Gasteiger partial charge is 0.0483 e. The van der Waals surface area contributed by atoms with Gasteiger partial charge in [0.25, 0.3) is 0 Å². The Hall–Kier alpha value is -1.28. The largest absolute Gasteiger partial charge is 0.344 e. The summed E-state index contributed by atoms with van der Waals surface area (Å²) >= 11 is 0. The molecule has 1 aromatic carbocycles. The number of benzene rings is 1. The quantitative estimate of drug-likeness (QED) is 0.758. The van der Waals surface area contributed by atoms with Gasteiger partial charge >= 0.3 is 0 Å². The van der Waals surface area contributed by atoms with Gasteiger partial charge in [-0.25, -0.2) is 0 Å². The maximum atomic E-state index is 2.60. The second-order valence-corrected chi connectivity index (χ2v) is 8.11. The molecule has 0 unspecified atom stereocenters. The number of rotatable bonds is 2. The molecule has 1 aromatic heterocycles. The molecule has 1 aliphatic rings. The molecule has 0 radical (unpaired) electrons. The fraction of sp³-hybridized carbons (Fsp3) is 0.600. The predicted octanol–water partition coefficient (Wildman–Crippen LogP) is 4.98. The van der Waals surface area contributed by atoms with Gasteiger partial charge in [-0.05, 0) is 61.3 Å². The highest BCUT2D eigenvalue weighted by Gasteiger charge is 2.23. The maximum absolute atomic E-state index is 2.60. The van der Waals surface area contributed by atoms with Gasteiger partial charge in [0.15, 0.2) is 0 Å². The Balaban J connectivity index is 1.84. The number of likely N-dealkylation sites (tertiary alicyclic amines) is 1. The van der Waals surface area contributed by atoms with Gasteiger partial charge in [0, 0.05) is 36.9 Å². The molecular formula is C20H30N2. The van der Waals surface area contributed by atoms with Crippen LogP contribution in [0.25, 0.3) is 10.9 Å². The van der Waals surface area contributed by atoms with Crippen LogP contribution in [-0.4, -0.2) is 28.6 Å². The van der Waals surface area contributed by atoms with Crippen molar-refractivity contribution in [1.29, 1.82) is 0 Å². The van der Waals surface area contributed by atoms with Crippen molar-refractivity contribution in [2.75, 3.05) is 13.1 Å². The predicted molar refractivity (Wildman–Crippen MR) is 95.6 cm³/mol. The van der Waals surface area contributed by atoms with Crippen molar-refractivity contribution in [1.82, 2.24) is 9.47 Å². The van der Waals surface area contributed by atoms with E-state index in [1.54, 1.807) is 0 Å². The average Bonchev–Trinajstić information content (AvgIpc) is 2.89. The molecule has 0 amide bonds. The van der Waals surface area contributed by atoms with Crippen LogP contribution in [-0.2, 0) is 5.41 Å². The summed E-state index contributed by atoms with van der Waals surface area (Å²) in [4.78, 5) is 2.60. The third kappa shape index (κ3) is 2.94. The molecule has 0 spiro atoms. The average molecular weight is 298 g/mol. The van der Waals surface area contributed by atoms with Crippen molar-refractivity contribution in [3.8, 4) is 0 Å². The third-order valence-electron chi connectivity index (χ3n) is 5.21. The molecule has 120 valence electrons. The van der Waals surface area contributed by atoms with E-state index in [2.05, 4.69) is 74.5 Å². The van der Waals surface area contributed by atoms with Crippen LogP contribution in [0.4, 0.5) is 0 Å². The van der Waals surface area contributed by atoms with E-state index in [0.29, 0.717) is 12.1 Å². The summed E-state index contributed by atoms with van der Waals surface area (Å²) in [5.74, 6) is 0. The first kappa shape index (κ1) is 15.6. The van der Waals surface area contributed by atoms with Crippen LogP contribution in [0, 0.1) is 0 Å². The molecule has 2 aromatic rings. The van der Waals surface area contributed by atoms with Crippen molar-refractivity contribution in [3.63, 3.8) is 0 Å². The van der Waals surface area contributed by atoms with E-state index in [1.165, 1.54) is 42.4 Å². The van der Waals surface area contributed by atoms with E-state index in [-0.39, 0.29) is 5.41 Å². The second kappa shape index (κ2) is 5.73. The first-order chi connectivity index (χ1) is 10.4. The summed E-state index contributed by atoms with van der Waals surface area (Å²) < 4.78 is 2.51. The molecule has 1 saturated heterocycles. The molecule has 2 heteroatoms. The van der Waals surface area contributed by atoms with E-state index in [9.17, 15) is 0 Å². The molecule has 3 rings (SSSR count). The lowest BCUT2D eigenvalue weighted by molar-refractivity contribution is 0.153. The van der Waals surface area contributed by atoms with Crippen molar-refractivity contribution in [2.24, 2.45) is 0 Å². The van der Waals surface area contributed by atoms with Crippen molar-refractivity contribution >= 4 is 10.9 Å². The third-order valence-corrected chi connectivity index (χ3v) is 5.21. The monoisotopic (exact) mass is 298 g/mol. The molecule has 0 bridgehead atoms. The Kier molecular flexibility index (Phi) is 4.07. The minimum atomic E-state index is 0.221. The number of nitrogens with zero attached hydrogens (tertiary/aromatic N) is 2. The summed E-state index contributed by atoms with van der Waals surface area (Å²) in [6.07, 6.45) is 4.83. The zero-order chi connectivity index (χ0) is 15.9. The summed E-state index contributed by atoms with van der Waals surface area (Å²) in [7, 11) is 0. The van der Waals surface area contributed by atoms with Crippen molar-refractivity contribution in [2.45, 2.75) is 65.0 Å². The summed E-state index contributed by atoms with van der Waals surface area (Å²) in [6, 6.07) is 10.6. The van der Waals surface area contributed by atoms with Gasteiger partial charge in [0.2, 0.25) is 0 Å². The molecule has 0 saturated carbocycles. The summed E-state index contributed by atoms with van der Waals surface area (Å²) in [6.45, 7) is 13.9. The number of fused-ring (bicyclic) bond motifs is 1. The Morgan fingerprint density at radius 2 is 1.73 bits per heavy atom. The summed E-state index contributed by atoms with van der Waals surface area (Å²) in [5.41, 5.74) is 3.04. The molecule has 1 fully saturated rings. The number of piperidine rings is 1. The highest BCUT2D eigenvalue weighted by Crippen LogP contribution is 2.31. The Bertz CT molecular complexity index is 637. The normalized spacial score (nSPS) is 18.5. The van der Waals surface area contributed by atoms with Gasteiger partial charge < -0.3 is 9.47 Å². The molecule has 2 heterocycles. The molecule has 0 N–H and O–H groups in total. The zero-order valence-electron chi connectivity index (χ0n) is 14.8. The van der Waals surface area contributed by atoms with Gasteiger partial charge in [-0.1, -0.05) is 26.8 Å². The van der Waals surface area contributed by atoms with Crippen LogP contribution in [0.5, 0.6) is 0 Å². The molecule has 2 nitrogen and oxygen atoms in total. The molecule has 0 aliphatic carbocycles. The lowest BCUT2D eigenvalue weighted by Crippen LogP contribution is -2.38. The van der Waals surface area contributed by atoms with Gasteiger partial charge in [0.05, 0.1) is 0 Å². The minimum absolute atomic E-state index is 0.221. The highest BCUT2D eigenvalue weighted by molar-refractivity contribution is 5.81. The lowest BCUT2D eigenvalue weighted by atomic mass is 9.86. The standard InChI is InChI=1S/C20H30N2/c1-15(2)21-11-9-18(10-12-21)22-13-8-16-14-17(20(3,4)5)6-7-19(16)22/h6-8,13-15,18H,9-12H2,1-5H3. The van der Waals surface area contributed by atoms with Crippen molar-refractivity contribution < 1.29 is 0 Å².